The molecule has 1 aromatic heterocycles. The maximum Gasteiger partial charge on any atom is 0.328 e. The zero-order chi connectivity index (χ0) is 13.7. The predicted molar refractivity (Wildman–Crippen MR) is 72.9 cm³/mol. The molecule has 1 aromatic carbocycles. The van der Waals surface area contributed by atoms with Crippen LogP contribution in [0, 0.1) is 0 Å². The molecule has 0 unspecified atom stereocenters. The molecule has 0 aliphatic carbocycles. The summed E-state index contributed by atoms with van der Waals surface area (Å²) >= 11 is 5.94. The summed E-state index contributed by atoms with van der Waals surface area (Å²) in [5, 5.41) is 0.559. The Hall–Kier alpha value is -2.01. The molecule has 0 atom stereocenters. The average molecular weight is 281 g/mol. The highest BCUT2D eigenvalue weighted by atomic mass is 35.5. The Morgan fingerprint density at radius 3 is 2.74 bits per heavy atom. The summed E-state index contributed by atoms with van der Waals surface area (Å²) < 4.78 is 6.93. The van der Waals surface area contributed by atoms with Crippen molar-refractivity contribution in [1.29, 1.82) is 0 Å². The second kappa shape index (κ2) is 6.24. The van der Waals surface area contributed by atoms with Crippen molar-refractivity contribution < 1.29 is 4.74 Å². The van der Waals surface area contributed by atoms with E-state index in [0.717, 1.165) is 0 Å². The van der Waals surface area contributed by atoms with E-state index in [4.69, 9.17) is 16.3 Å². The minimum Gasteiger partial charge on any atom is -0.492 e. The number of nitrogens with zero attached hydrogens (tertiary/aromatic N) is 1. The Morgan fingerprint density at radius 1 is 1.21 bits per heavy atom. The van der Waals surface area contributed by atoms with Gasteiger partial charge in [0, 0.05) is 18.8 Å². The van der Waals surface area contributed by atoms with Gasteiger partial charge in [-0.2, -0.15) is 0 Å². The number of halogens is 1. The summed E-state index contributed by atoms with van der Waals surface area (Å²) in [7, 11) is 0. The number of para-hydroxylation sites is 1. The van der Waals surface area contributed by atoms with Crippen LogP contribution in [0.4, 0.5) is 0 Å². The lowest BCUT2D eigenvalue weighted by Crippen LogP contribution is -2.29. The first kappa shape index (κ1) is 13.4. The number of aryl methyl sites for hydroxylation is 1. The van der Waals surface area contributed by atoms with Gasteiger partial charge in [0.1, 0.15) is 5.75 Å². The summed E-state index contributed by atoms with van der Waals surface area (Å²) in [4.78, 5) is 24.5. The largest absolute Gasteiger partial charge is 0.492 e. The molecule has 0 aliphatic heterocycles. The molecule has 100 valence electrons. The molecule has 0 amide bonds. The van der Waals surface area contributed by atoms with Gasteiger partial charge in [-0.25, -0.2) is 4.79 Å². The van der Waals surface area contributed by atoms with Crippen molar-refractivity contribution >= 4 is 11.6 Å². The minimum atomic E-state index is -0.412. The van der Waals surface area contributed by atoms with Gasteiger partial charge < -0.3 is 9.30 Å². The van der Waals surface area contributed by atoms with Crippen molar-refractivity contribution in [2.45, 2.75) is 13.0 Å². The molecule has 2 rings (SSSR count). The van der Waals surface area contributed by atoms with E-state index in [1.54, 1.807) is 12.1 Å². The number of hydrogen-bond donors (Lipinski definition) is 1. The Balaban J connectivity index is 1.86. The van der Waals surface area contributed by atoms with E-state index in [0.29, 0.717) is 30.3 Å². The molecule has 2 aromatic rings. The maximum atomic E-state index is 11.4. The lowest BCUT2D eigenvalue weighted by Gasteiger charge is -2.08. The van der Waals surface area contributed by atoms with Gasteiger partial charge in [-0.3, -0.25) is 9.78 Å². The van der Waals surface area contributed by atoms with E-state index in [-0.39, 0.29) is 0 Å². The quantitative estimate of drug-likeness (QED) is 0.847. The molecule has 0 spiro atoms. The van der Waals surface area contributed by atoms with Crippen LogP contribution in [0.5, 0.6) is 5.75 Å². The van der Waals surface area contributed by atoms with Gasteiger partial charge in [-0.05, 0) is 18.6 Å². The van der Waals surface area contributed by atoms with Gasteiger partial charge >= 0.3 is 5.69 Å². The first-order valence-electron chi connectivity index (χ1n) is 5.84. The predicted octanol–water partition coefficient (Wildman–Crippen LogP) is 1.66. The summed E-state index contributed by atoms with van der Waals surface area (Å²) in [5.41, 5.74) is -0.807. The number of rotatable bonds is 5. The van der Waals surface area contributed by atoms with Gasteiger partial charge in [-0.15, -0.1) is 0 Å². The van der Waals surface area contributed by atoms with E-state index >= 15 is 0 Å². The molecule has 0 saturated heterocycles. The van der Waals surface area contributed by atoms with E-state index in [2.05, 4.69) is 4.98 Å². The Kier molecular flexibility index (Phi) is 4.41. The second-order valence-corrected chi connectivity index (χ2v) is 4.34. The smallest absolute Gasteiger partial charge is 0.328 e. The molecule has 0 radical (unpaired) electrons. The van der Waals surface area contributed by atoms with E-state index in [9.17, 15) is 9.59 Å². The van der Waals surface area contributed by atoms with Crippen molar-refractivity contribution in [2.24, 2.45) is 0 Å². The van der Waals surface area contributed by atoms with E-state index < -0.39 is 11.2 Å². The third-order valence-corrected chi connectivity index (χ3v) is 2.85. The average Bonchev–Trinajstić information content (AvgIpc) is 2.38. The first-order chi connectivity index (χ1) is 9.16. The van der Waals surface area contributed by atoms with Crippen LogP contribution in [0.15, 0.2) is 46.1 Å². The molecule has 0 saturated carbocycles. The number of ether oxygens (including phenoxy) is 1. The zero-order valence-corrected chi connectivity index (χ0v) is 10.9. The number of benzene rings is 1. The minimum absolute atomic E-state index is 0.395. The SMILES string of the molecule is O=c1ccn(CCCOc2ccccc2Cl)c(=O)[nH]1. The molecule has 5 nitrogen and oxygen atoms in total. The fourth-order valence-corrected chi connectivity index (χ4v) is 1.79. The number of hydrogen-bond acceptors (Lipinski definition) is 3. The number of H-pyrrole nitrogens is 1. The molecule has 1 N–H and O–H groups in total. The highest BCUT2D eigenvalue weighted by Crippen LogP contribution is 2.22. The summed E-state index contributed by atoms with van der Waals surface area (Å²) in [6.45, 7) is 0.912. The van der Waals surface area contributed by atoms with Crippen LogP contribution in [0.1, 0.15) is 6.42 Å². The van der Waals surface area contributed by atoms with Gasteiger partial charge in [0.15, 0.2) is 0 Å². The van der Waals surface area contributed by atoms with Crippen LogP contribution in [0.25, 0.3) is 0 Å². The molecule has 0 fully saturated rings. The van der Waals surface area contributed by atoms with Crippen LogP contribution in [0.3, 0.4) is 0 Å². The number of aromatic nitrogens is 2. The highest BCUT2D eigenvalue weighted by molar-refractivity contribution is 6.32. The first-order valence-corrected chi connectivity index (χ1v) is 6.22. The third kappa shape index (κ3) is 3.72. The molecular weight excluding hydrogens is 268 g/mol. The van der Waals surface area contributed by atoms with Crippen LogP contribution in [-0.4, -0.2) is 16.2 Å². The topological polar surface area (TPSA) is 64.1 Å². The van der Waals surface area contributed by atoms with Gasteiger partial charge in [0.2, 0.25) is 0 Å². The number of aromatic amines is 1. The van der Waals surface area contributed by atoms with E-state index in [1.165, 1.54) is 16.8 Å². The van der Waals surface area contributed by atoms with Crippen LogP contribution in [-0.2, 0) is 6.54 Å². The van der Waals surface area contributed by atoms with Crippen molar-refractivity contribution in [2.75, 3.05) is 6.61 Å². The molecule has 0 bridgehead atoms. The van der Waals surface area contributed by atoms with Crippen molar-refractivity contribution in [1.82, 2.24) is 9.55 Å². The lowest BCUT2D eigenvalue weighted by molar-refractivity contribution is 0.300. The second-order valence-electron chi connectivity index (χ2n) is 3.94. The van der Waals surface area contributed by atoms with Crippen LogP contribution < -0.4 is 16.0 Å². The van der Waals surface area contributed by atoms with Gasteiger partial charge in [0.25, 0.3) is 5.56 Å². The van der Waals surface area contributed by atoms with Gasteiger partial charge in [0.05, 0.1) is 11.6 Å². The third-order valence-electron chi connectivity index (χ3n) is 2.53. The maximum absolute atomic E-state index is 11.4. The fourth-order valence-electron chi connectivity index (χ4n) is 1.60. The standard InChI is InChI=1S/C13H13ClN2O3/c14-10-4-1-2-5-11(10)19-9-3-7-16-8-6-12(17)15-13(16)18/h1-2,4-6,8H,3,7,9H2,(H,15,17,18). The molecule has 19 heavy (non-hydrogen) atoms. The Morgan fingerprint density at radius 2 is 2.00 bits per heavy atom. The molecular formula is C13H13ClN2O3. The monoisotopic (exact) mass is 280 g/mol. The van der Waals surface area contributed by atoms with Crippen molar-refractivity contribution in [3.8, 4) is 5.75 Å². The van der Waals surface area contributed by atoms with Crippen molar-refractivity contribution in [3.63, 3.8) is 0 Å². The van der Waals surface area contributed by atoms with Crippen LogP contribution >= 0.6 is 11.6 Å². The highest BCUT2D eigenvalue weighted by Gasteiger charge is 2.00. The number of nitrogens with one attached hydrogen (secondary N) is 1. The van der Waals surface area contributed by atoms with Crippen molar-refractivity contribution in [3.05, 3.63) is 62.4 Å². The Bertz CT molecular complexity index is 663. The van der Waals surface area contributed by atoms with Gasteiger partial charge in [-0.1, -0.05) is 23.7 Å². The molecule has 1 heterocycles. The molecule has 6 heteroatoms. The summed E-state index contributed by atoms with van der Waals surface area (Å²) in [6, 6.07) is 8.52. The normalized spacial score (nSPS) is 10.4. The van der Waals surface area contributed by atoms with E-state index in [1.807, 2.05) is 12.1 Å². The molecule has 0 aliphatic rings. The Labute approximate surface area is 114 Å². The summed E-state index contributed by atoms with van der Waals surface area (Å²) in [6.07, 6.45) is 2.10. The van der Waals surface area contributed by atoms with Crippen LogP contribution in [0.2, 0.25) is 5.02 Å². The lowest BCUT2D eigenvalue weighted by atomic mass is 10.3. The zero-order valence-electron chi connectivity index (χ0n) is 10.1. The fraction of sp³-hybridized carbons (Fsp3) is 0.231. The summed E-state index contributed by atoms with van der Waals surface area (Å²) in [5.74, 6) is 0.623.